The molecule has 1 aromatic heterocycles. The van der Waals surface area contributed by atoms with Crippen LogP contribution in [-0.4, -0.2) is 42.1 Å². The summed E-state index contributed by atoms with van der Waals surface area (Å²) in [4.78, 5) is 9.83. The van der Waals surface area contributed by atoms with Crippen LogP contribution < -0.4 is 4.90 Å². The molecule has 0 radical (unpaired) electrons. The Morgan fingerprint density at radius 2 is 1.95 bits per heavy atom. The van der Waals surface area contributed by atoms with E-state index >= 15 is 0 Å². The molecule has 1 aromatic carbocycles. The van der Waals surface area contributed by atoms with Crippen molar-refractivity contribution < 1.29 is 0 Å². The predicted octanol–water partition coefficient (Wildman–Crippen LogP) is 2.91. The van der Waals surface area contributed by atoms with Gasteiger partial charge in [0.1, 0.15) is 0 Å². The van der Waals surface area contributed by atoms with Gasteiger partial charge in [0.15, 0.2) is 0 Å². The minimum atomic E-state index is 0.754. The molecule has 2 aliphatic heterocycles. The van der Waals surface area contributed by atoms with E-state index in [1.807, 2.05) is 6.20 Å². The third-order valence-corrected chi connectivity index (χ3v) is 4.74. The summed E-state index contributed by atoms with van der Waals surface area (Å²) in [6.45, 7) is 4.89. The van der Waals surface area contributed by atoms with Gasteiger partial charge in [-0.05, 0) is 37.9 Å². The van der Waals surface area contributed by atoms with Crippen LogP contribution in [0.4, 0.5) is 5.69 Å². The highest BCUT2D eigenvalue weighted by Gasteiger charge is 2.28. The van der Waals surface area contributed by atoms with Crippen LogP contribution in [0.1, 0.15) is 19.3 Å². The summed E-state index contributed by atoms with van der Waals surface area (Å²) in [7, 11) is 0. The largest absolute Gasteiger partial charge is 0.369 e. The summed E-state index contributed by atoms with van der Waals surface area (Å²) in [5.74, 6) is 0. The molecule has 2 aliphatic rings. The van der Waals surface area contributed by atoms with Gasteiger partial charge in [0.05, 0.1) is 17.4 Å². The van der Waals surface area contributed by atoms with Crippen LogP contribution in [0.2, 0.25) is 0 Å². The molecular weight excluding hydrogens is 246 g/mol. The zero-order valence-electron chi connectivity index (χ0n) is 11.8. The number of nitrogens with zero attached hydrogens (tertiary/aromatic N) is 3. The highest BCUT2D eigenvalue weighted by atomic mass is 15.3. The first-order valence-electron chi connectivity index (χ1n) is 7.74. The first-order valence-corrected chi connectivity index (χ1v) is 7.74. The van der Waals surface area contributed by atoms with E-state index in [0.29, 0.717) is 0 Å². The van der Waals surface area contributed by atoms with Crippen molar-refractivity contribution in [1.82, 2.24) is 9.88 Å². The van der Waals surface area contributed by atoms with Crippen LogP contribution in [0.25, 0.3) is 10.9 Å². The Bertz CT molecular complexity index is 610. The Hall–Kier alpha value is -1.61. The molecule has 0 saturated carbocycles. The molecule has 3 heteroatoms. The van der Waals surface area contributed by atoms with Gasteiger partial charge in [0, 0.05) is 31.1 Å². The van der Waals surface area contributed by atoms with Gasteiger partial charge in [0.25, 0.3) is 0 Å². The smallest absolute Gasteiger partial charge is 0.0703 e. The Morgan fingerprint density at radius 3 is 2.95 bits per heavy atom. The predicted molar refractivity (Wildman–Crippen MR) is 83.2 cm³/mol. The first kappa shape index (κ1) is 12.2. The summed E-state index contributed by atoms with van der Waals surface area (Å²) in [5.41, 5.74) is 2.38. The number of para-hydroxylation sites is 1. The maximum atomic E-state index is 4.62. The number of pyridine rings is 1. The third kappa shape index (κ3) is 2.16. The van der Waals surface area contributed by atoms with E-state index in [1.165, 1.54) is 50.0 Å². The molecule has 0 amide bonds. The fourth-order valence-corrected chi connectivity index (χ4v) is 3.67. The van der Waals surface area contributed by atoms with Crippen molar-refractivity contribution >= 4 is 16.6 Å². The topological polar surface area (TPSA) is 19.4 Å². The fraction of sp³-hybridized carbons (Fsp3) is 0.471. The van der Waals surface area contributed by atoms with Crippen LogP contribution in [0.15, 0.2) is 36.5 Å². The standard InChI is InChI=1S/C17H21N3/c1-2-7-17-14(5-1)11-16(12-18-17)20-10-4-9-19-8-3-6-15(19)13-20/h1-2,5,7,11-12,15H,3-4,6,8-10,13H2. The van der Waals surface area contributed by atoms with Crippen molar-refractivity contribution in [3.63, 3.8) is 0 Å². The van der Waals surface area contributed by atoms with Gasteiger partial charge >= 0.3 is 0 Å². The van der Waals surface area contributed by atoms with Crippen molar-refractivity contribution in [3.05, 3.63) is 36.5 Å². The summed E-state index contributed by atoms with van der Waals surface area (Å²) in [6, 6.07) is 11.4. The van der Waals surface area contributed by atoms with Crippen molar-refractivity contribution in [2.45, 2.75) is 25.3 Å². The number of fused-ring (bicyclic) bond motifs is 2. The van der Waals surface area contributed by atoms with Gasteiger partial charge in [-0.3, -0.25) is 9.88 Å². The Labute approximate surface area is 120 Å². The highest BCUT2D eigenvalue weighted by molar-refractivity contribution is 5.81. The molecule has 2 fully saturated rings. The lowest BCUT2D eigenvalue weighted by molar-refractivity contribution is 0.273. The van der Waals surface area contributed by atoms with E-state index in [-0.39, 0.29) is 0 Å². The van der Waals surface area contributed by atoms with Crippen molar-refractivity contribution in [1.29, 1.82) is 0 Å². The summed E-state index contributed by atoms with van der Waals surface area (Å²) in [6.07, 6.45) is 6.04. The second-order valence-electron chi connectivity index (χ2n) is 6.02. The molecule has 3 nitrogen and oxygen atoms in total. The second-order valence-corrected chi connectivity index (χ2v) is 6.02. The van der Waals surface area contributed by atoms with Crippen LogP contribution in [-0.2, 0) is 0 Å². The van der Waals surface area contributed by atoms with Crippen LogP contribution in [0, 0.1) is 0 Å². The molecule has 1 unspecified atom stereocenters. The molecule has 104 valence electrons. The Morgan fingerprint density at radius 1 is 1.05 bits per heavy atom. The Balaban J connectivity index is 1.64. The average molecular weight is 267 g/mol. The lowest BCUT2D eigenvalue weighted by atomic mass is 10.1. The van der Waals surface area contributed by atoms with Gasteiger partial charge in [0.2, 0.25) is 0 Å². The van der Waals surface area contributed by atoms with E-state index in [9.17, 15) is 0 Å². The molecule has 4 rings (SSSR count). The third-order valence-electron chi connectivity index (χ3n) is 4.74. The van der Waals surface area contributed by atoms with E-state index < -0.39 is 0 Å². The minimum Gasteiger partial charge on any atom is -0.369 e. The number of hydrogen-bond acceptors (Lipinski definition) is 3. The van der Waals surface area contributed by atoms with E-state index in [2.05, 4.69) is 45.1 Å². The number of rotatable bonds is 1. The average Bonchev–Trinajstić information content (AvgIpc) is 2.84. The zero-order valence-corrected chi connectivity index (χ0v) is 11.8. The SMILES string of the molecule is c1ccc2ncc(N3CCCN4CCCC4C3)cc2c1. The van der Waals surface area contributed by atoms with Crippen molar-refractivity contribution in [2.75, 3.05) is 31.1 Å². The molecule has 0 aliphatic carbocycles. The van der Waals surface area contributed by atoms with E-state index in [4.69, 9.17) is 0 Å². The molecule has 0 N–H and O–H groups in total. The lowest BCUT2D eigenvalue weighted by Crippen LogP contribution is -2.36. The quantitative estimate of drug-likeness (QED) is 0.792. The van der Waals surface area contributed by atoms with Crippen molar-refractivity contribution in [3.8, 4) is 0 Å². The molecule has 1 atom stereocenters. The molecule has 0 spiro atoms. The monoisotopic (exact) mass is 267 g/mol. The van der Waals surface area contributed by atoms with Gasteiger partial charge in [-0.15, -0.1) is 0 Å². The molecule has 3 heterocycles. The minimum absolute atomic E-state index is 0.754. The number of benzene rings is 1. The summed E-state index contributed by atoms with van der Waals surface area (Å²) >= 11 is 0. The summed E-state index contributed by atoms with van der Waals surface area (Å²) < 4.78 is 0. The second kappa shape index (κ2) is 5.06. The molecule has 2 saturated heterocycles. The summed E-state index contributed by atoms with van der Waals surface area (Å²) in [5, 5.41) is 1.25. The molecule has 20 heavy (non-hydrogen) atoms. The Kier molecular flexibility index (Phi) is 3.07. The van der Waals surface area contributed by atoms with Gasteiger partial charge in [-0.1, -0.05) is 18.2 Å². The zero-order chi connectivity index (χ0) is 13.4. The van der Waals surface area contributed by atoms with Crippen LogP contribution in [0.5, 0.6) is 0 Å². The van der Waals surface area contributed by atoms with Crippen LogP contribution >= 0.6 is 0 Å². The maximum Gasteiger partial charge on any atom is 0.0703 e. The molecular formula is C17H21N3. The van der Waals surface area contributed by atoms with Gasteiger partial charge in [-0.25, -0.2) is 0 Å². The number of aromatic nitrogens is 1. The van der Waals surface area contributed by atoms with E-state index in [1.54, 1.807) is 0 Å². The molecule has 2 aromatic rings. The van der Waals surface area contributed by atoms with Crippen molar-refractivity contribution in [2.24, 2.45) is 0 Å². The van der Waals surface area contributed by atoms with Crippen LogP contribution in [0.3, 0.4) is 0 Å². The number of anilines is 1. The van der Waals surface area contributed by atoms with Gasteiger partial charge in [-0.2, -0.15) is 0 Å². The number of hydrogen-bond donors (Lipinski definition) is 0. The van der Waals surface area contributed by atoms with Gasteiger partial charge < -0.3 is 4.90 Å². The normalized spacial score (nSPS) is 23.8. The fourth-order valence-electron chi connectivity index (χ4n) is 3.67. The lowest BCUT2D eigenvalue weighted by Gasteiger charge is -2.27. The van der Waals surface area contributed by atoms with E-state index in [0.717, 1.165) is 18.1 Å². The molecule has 0 bridgehead atoms. The first-order chi connectivity index (χ1) is 9.90. The maximum absolute atomic E-state index is 4.62. The highest BCUT2D eigenvalue weighted by Crippen LogP contribution is 2.26.